The maximum Gasteiger partial charge on any atom is 0.460 e. The Labute approximate surface area is 164 Å². The number of halogens is 7. The molecule has 0 radical (unpaired) electrons. The van der Waals surface area contributed by atoms with E-state index < -0.39 is 43.5 Å². The molecule has 0 atom stereocenters. The zero-order valence-corrected chi connectivity index (χ0v) is 15.7. The van der Waals surface area contributed by atoms with Gasteiger partial charge in [-0.1, -0.05) is 17.7 Å². The topological polar surface area (TPSA) is 74.1 Å². The average molecular weight is 459 g/mol. The number of rotatable bonds is 5. The smallest absolute Gasteiger partial charge is 0.460 e. The van der Waals surface area contributed by atoms with Crippen LogP contribution in [0.2, 0.25) is 0 Å². The molecule has 1 aromatic heterocycles. The third-order valence-electron chi connectivity index (χ3n) is 4.10. The molecule has 30 heavy (non-hydrogen) atoms. The van der Waals surface area contributed by atoms with Gasteiger partial charge in [0.05, 0.1) is 11.5 Å². The van der Waals surface area contributed by atoms with Crippen molar-refractivity contribution in [3.05, 3.63) is 41.6 Å². The second-order valence-corrected chi connectivity index (χ2v) is 8.15. The van der Waals surface area contributed by atoms with E-state index in [4.69, 9.17) is 4.74 Å². The first-order valence-electron chi connectivity index (χ1n) is 8.15. The van der Waals surface area contributed by atoms with Crippen LogP contribution in [0.25, 0.3) is 5.88 Å². The third-order valence-corrected chi connectivity index (χ3v) is 5.78. The lowest BCUT2D eigenvalue weighted by Crippen LogP contribution is -2.50. The summed E-state index contributed by atoms with van der Waals surface area (Å²) in [6.07, 6.45) is -5.22. The Morgan fingerprint density at radius 1 is 1.00 bits per heavy atom. The highest BCUT2D eigenvalue weighted by Crippen LogP contribution is 2.52. The molecule has 1 aliphatic heterocycles. The minimum absolute atomic E-state index is 0.0291. The van der Waals surface area contributed by atoms with Gasteiger partial charge in [0.15, 0.2) is 5.69 Å². The van der Waals surface area contributed by atoms with Crippen molar-refractivity contribution in [3.63, 3.8) is 0 Å². The minimum Gasteiger partial charge on any atom is -0.476 e. The molecular weight excluding hydrogens is 447 g/mol. The maximum absolute atomic E-state index is 14.4. The highest BCUT2D eigenvalue weighted by Gasteiger charge is 2.75. The Morgan fingerprint density at radius 3 is 2.10 bits per heavy atom. The first-order valence-corrected chi connectivity index (χ1v) is 9.63. The van der Waals surface area contributed by atoms with Crippen molar-refractivity contribution < 1.29 is 43.9 Å². The molecule has 3 rings (SSSR count). The molecule has 14 heteroatoms. The lowest BCUT2D eigenvalue weighted by molar-refractivity contribution is -0.361. The van der Waals surface area contributed by atoms with Crippen molar-refractivity contribution in [1.29, 1.82) is 0 Å². The van der Waals surface area contributed by atoms with Crippen LogP contribution in [0, 0.1) is 6.92 Å². The molecule has 164 valence electrons. The predicted molar refractivity (Wildman–Crippen MR) is 86.4 cm³/mol. The molecule has 1 aromatic carbocycles. The fraction of sp³-hybridized carbons (Fsp3) is 0.375. The molecule has 6 nitrogen and oxygen atoms in total. The Balaban J connectivity index is 2.26. The van der Waals surface area contributed by atoms with Gasteiger partial charge in [-0.05, 0) is 25.1 Å². The summed E-state index contributed by atoms with van der Waals surface area (Å²) in [6, 6.07) is 4.50. The average Bonchev–Trinajstić information content (AvgIpc) is 3.31. The lowest BCUT2D eigenvalue weighted by Gasteiger charge is -2.27. The largest absolute Gasteiger partial charge is 0.476 e. The van der Waals surface area contributed by atoms with Crippen molar-refractivity contribution in [2.75, 3.05) is 6.61 Å². The second-order valence-electron chi connectivity index (χ2n) is 6.29. The van der Waals surface area contributed by atoms with Crippen LogP contribution in [0.3, 0.4) is 0 Å². The highest BCUT2D eigenvalue weighted by molar-refractivity contribution is 7.91. The Bertz CT molecular complexity index is 1090. The van der Waals surface area contributed by atoms with E-state index in [1.807, 2.05) is 0 Å². The van der Waals surface area contributed by atoms with Crippen molar-refractivity contribution in [2.45, 2.75) is 41.3 Å². The molecule has 0 N–H and O–H groups in total. The Hall–Kier alpha value is -2.64. The van der Waals surface area contributed by atoms with Crippen LogP contribution in [0.1, 0.15) is 17.7 Å². The van der Waals surface area contributed by atoms with E-state index in [0.29, 0.717) is 5.56 Å². The SMILES string of the molecule is Cc1ccc(S(=O)(=O)c2nn(C3=CCCO3)nc2C(F)(F)C(F)(F)C(F)(F)F)cc1. The summed E-state index contributed by atoms with van der Waals surface area (Å²) >= 11 is 0. The fourth-order valence-corrected chi connectivity index (χ4v) is 3.80. The van der Waals surface area contributed by atoms with Crippen molar-refractivity contribution in [2.24, 2.45) is 0 Å². The summed E-state index contributed by atoms with van der Waals surface area (Å²) in [4.78, 5) is -0.488. The number of ether oxygens (including phenoxy) is 1. The zero-order chi connectivity index (χ0) is 22.5. The maximum atomic E-state index is 14.4. The van der Waals surface area contributed by atoms with Gasteiger partial charge in [-0.15, -0.1) is 15.0 Å². The van der Waals surface area contributed by atoms with Gasteiger partial charge < -0.3 is 4.74 Å². The quantitative estimate of drug-likeness (QED) is 0.634. The van der Waals surface area contributed by atoms with E-state index in [-0.39, 0.29) is 23.7 Å². The predicted octanol–water partition coefficient (Wildman–Crippen LogP) is 3.93. The summed E-state index contributed by atoms with van der Waals surface area (Å²) in [5, 5.41) is 4.49. The van der Waals surface area contributed by atoms with Crippen LogP contribution in [-0.4, -0.2) is 42.1 Å². The molecule has 0 saturated carbocycles. The van der Waals surface area contributed by atoms with Crippen LogP contribution in [0.4, 0.5) is 30.7 Å². The standard InChI is InChI=1S/C16H12F7N3O3S/c1-9-4-6-10(7-5-9)30(27,28)13-12(14(17,18)15(19,20)16(21,22)23)24-26(25-13)11-3-2-8-29-11/h3-7H,2,8H2,1H3. The van der Waals surface area contributed by atoms with Crippen LogP contribution >= 0.6 is 0 Å². The number of aryl methyl sites for hydroxylation is 1. The third kappa shape index (κ3) is 3.42. The number of hydrogen-bond acceptors (Lipinski definition) is 5. The minimum atomic E-state index is -6.69. The number of benzene rings is 1. The zero-order valence-electron chi connectivity index (χ0n) is 14.9. The van der Waals surface area contributed by atoms with Crippen LogP contribution in [0.5, 0.6) is 0 Å². The molecule has 0 bridgehead atoms. The van der Waals surface area contributed by atoms with Crippen molar-refractivity contribution in [1.82, 2.24) is 15.0 Å². The van der Waals surface area contributed by atoms with Gasteiger partial charge in [0, 0.05) is 6.42 Å². The number of nitrogens with zero attached hydrogens (tertiary/aromatic N) is 3. The summed E-state index contributed by atoms with van der Waals surface area (Å²) in [6.45, 7) is 1.61. The molecule has 0 amide bonds. The van der Waals surface area contributed by atoms with Crippen molar-refractivity contribution in [3.8, 4) is 0 Å². The summed E-state index contributed by atoms with van der Waals surface area (Å²) < 4.78 is 124. The lowest BCUT2D eigenvalue weighted by atomic mass is 10.1. The number of hydrogen-bond donors (Lipinski definition) is 0. The molecule has 0 spiro atoms. The second kappa shape index (κ2) is 6.96. The van der Waals surface area contributed by atoms with E-state index in [9.17, 15) is 39.2 Å². The van der Waals surface area contributed by atoms with Gasteiger partial charge >= 0.3 is 18.0 Å². The normalized spacial score (nSPS) is 15.8. The molecular formula is C16H12F7N3O3S. The van der Waals surface area contributed by atoms with Gasteiger partial charge in [-0.3, -0.25) is 0 Å². The van der Waals surface area contributed by atoms with Gasteiger partial charge in [0.1, 0.15) is 0 Å². The number of sulfone groups is 1. The van der Waals surface area contributed by atoms with Crippen LogP contribution < -0.4 is 0 Å². The monoisotopic (exact) mass is 459 g/mol. The van der Waals surface area contributed by atoms with E-state index in [1.165, 1.54) is 18.2 Å². The number of alkyl halides is 7. The molecule has 0 unspecified atom stereocenters. The Morgan fingerprint density at radius 2 is 1.60 bits per heavy atom. The molecule has 0 saturated heterocycles. The van der Waals surface area contributed by atoms with E-state index in [2.05, 4.69) is 10.2 Å². The number of aromatic nitrogens is 3. The summed E-state index contributed by atoms with van der Waals surface area (Å²) in [5.41, 5.74) is -1.77. The van der Waals surface area contributed by atoms with E-state index >= 15 is 0 Å². The van der Waals surface area contributed by atoms with Crippen molar-refractivity contribution >= 4 is 15.7 Å². The molecule has 0 fully saturated rings. The Kier molecular flexibility index (Phi) is 5.12. The van der Waals surface area contributed by atoms with Crippen LogP contribution in [0.15, 0.2) is 40.3 Å². The summed E-state index contributed by atoms with van der Waals surface area (Å²) in [7, 11) is -5.04. The van der Waals surface area contributed by atoms with Crippen LogP contribution in [-0.2, 0) is 20.5 Å². The molecule has 1 aliphatic rings. The molecule has 2 aromatic rings. The highest BCUT2D eigenvalue weighted by atomic mass is 32.2. The van der Waals surface area contributed by atoms with Gasteiger partial charge in [-0.25, -0.2) is 8.42 Å². The van der Waals surface area contributed by atoms with E-state index in [0.717, 1.165) is 12.1 Å². The van der Waals surface area contributed by atoms with Gasteiger partial charge in [0.2, 0.25) is 20.7 Å². The van der Waals surface area contributed by atoms with Gasteiger partial charge in [-0.2, -0.15) is 30.7 Å². The molecule has 0 aliphatic carbocycles. The van der Waals surface area contributed by atoms with Gasteiger partial charge in [0.25, 0.3) is 0 Å². The van der Waals surface area contributed by atoms with E-state index in [1.54, 1.807) is 6.92 Å². The molecule has 2 heterocycles. The first-order chi connectivity index (χ1) is 13.7. The fourth-order valence-electron chi connectivity index (χ4n) is 2.47. The summed E-state index contributed by atoms with van der Waals surface area (Å²) in [5.74, 6) is -13.0. The first kappa shape index (κ1) is 22.1.